The molecule has 0 aromatic carbocycles. The van der Waals surface area contributed by atoms with Crippen LogP contribution >= 0.6 is 0 Å². The van der Waals surface area contributed by atoms with Crippen LogP contribution in [0.3, 0.4) is 0 Å². The Balaban J connectivity index is 4.25. The van der Waals surface area contributed by atoms with Crippen molar-refractivity contribution in [1.29, 1.82) is 0 Å². The summed E-state index contributed by atoms with van der Waals surface area (Å²) >= 11 is 0. The van der Waals surface area contributed by atoms with Crippen LogP contribution in [-0.2, 0) is 14.9 Å². The van der Waals surface area contributed by atoms with Gasteiger partial charge >= 0.3 is 0 Å². The molecule has 5 heteroatoms. The van der Waals surface area contributed by atoms with Gasteiger partial charge in [0, 0.05) is 7.05 Å². The second-order valence-corrected chi connectivity index (χ2v) is 3.67. The molecule has 0 N–H and O–H groups in total. The minimum atomic E-state index is -3.27. The predicted octanol–water partition coefficient (Wildman–Crippen LogP) is -0.00460. The van der Waals surface area contributed by atoms with Crippen LogP contribution < -0.4 is 0 Å². The van der Waals surface area contributed by atoms with Crippen molar-refractivity contribution in [2.45, 2.75) is 0 Å². The third-order valence-electron chi connectivity index (χ3n) is 0.977. The molecule has 0 radical (unpaired) electrons. The van der Waals surface area contributed by atoms with Gasteiger partial charge in [-0.25, -0.2) is 8.42 Å². The normalized spacial score (nSPS) is 11.9. The first kappa shape index (κ1) is 9.61. The number of rotatable bonds is 4. The standard InChI is InChI=1S/C5H11NO3S/c1-4-5-10(7,8)6(2)9-3/h4H,1,5H2,2-3H3. The molecule has 0 spiro atoms. The molecule has 0 aromatic heterocycles. The van der Waals surface area contributed by atoms with E-state index < -0.39 is 10.0 Å². The Kier molecular flexibility index (Phi) is 3.55. The third-order valence-corrected chi connectivity index (χ3v) is 2.57. The molecule has 4 nitrogen and oxygen atoms in total. The van der Waals surface area contributed by atoms with Crippen LogP contribution in [0.25, 0.3) is 0 Å². The Morgan fingerprint density at radius 1 is 1.70 bits per heavy atom. The lowest BCUT2D eigenvalue weighted by Crippen LogP contribution is -2.27. The Labute approximate surface area is 61.1 Å². The number of sulfonamides is 1. The van der Waals surface area contributed by atoms with Crippen molar-refractivity contribution in [3.05, 3.63) is 12.7 Å². The Morgan fingerprint density at radius 3 is 2.50 bits per heavy atom. The fourth-order valence-corrected chi connectivity index (χ4v) is 1.10. The second-order valence-electron chi connectivity index (χ2n) is 1.66. The lowest BCUT2D eigenvalue weighted by atomic mass is 10.8. The van der Waals surface area contributed by atoms with E-state index in [0.717, 1.165) is 4.47 Å². The summed E-state index contributed by atoms with van der Waals surface area (Å²) in [6, 6.07) is 0. The minimum Gasteiger partial charge on any atom is -0.288 e. The average molecular weight is 165 g/mol. The van der Waals surface area contributed by atoms with Crippen LogP contribution in [0.4, 0.5) is 0 Å². The van der Waals surface area contributed by atoms with Crippen molar-refractivity contribution in [3.8, 4) is 0 Å². The number of hydroxylamine groups is 1. The maximum atomic E-state index is 10.9. The van der Waals surface area contributed by atoms with E-state index in [1.54, 1.807) is 0 Å². The molecule has 10 heavy (non-hydrogen) atoms. The monoisotopic (exact) mass is 165 g/mol. The van der Waals surface area contributed by atoms with Crippen LogP contribution in [0.1, 0.15) is 0 Å². The van der Waals surface area contributed by atoms with E-state index in [9.17, 15) is 8.42 Å². The van der Waals surface area contributed by atoms with Crippen LogP contribution in [0.15, 0.2) is 12.7 Å². The topological polar surface area (TPSA) is 46.6 Å². The molecule has 0 atom stereocenters. The van der Waals surface area contributed by atoms with Crippen LogP contribution in [0.2, 0.25) is 0 Å². The summed E-state index contributed by atoms with van der Waals surface area (Å²) in [5.74, 6) is -0.0999. The zero-order valence-electron chi connectivity index (χ0n) is 6.07. The molecule has 0 fully saturated rings. The van der Waals surface area contributed by atoms with Crippen molar-refractivity contribution in [2.75, 3.05) is 19.9 Å². The molecule has 0 bridgehead atoms. The molecule has 0 heterocycles. The van der Waals surface area contributed by atoms with Gasteiger partial charge < -0.3 is 0 Å². The summed E-state index contributed by atoms with van der Waals surface area (Å²) in [5, 5.41) is 0. The molecule has 0 rings (SSSR count). The molecule has 60 valence electrons. The Morgan fingerprint density at radius 2 is 2.20 bits per heavy atom. The summed E-state index contributed by atoms with van der Waals surface area (Å²) in [6.07, 6.45) is 1.31. The Bertz CT molecular complexity index is 197. The predicted molar refractivity (Wildman–Crippen MR) is 38.8 cm³/mol. The fraction of sp³-hybridized carbons (Fsp3) is 0.600. The van der Waals surface area contributed by atoms with E-state index >= 15 is 0 Å². The maximum Gasteiger partial charge on any atom is 0.239 e. The van der Waals surface area contributed by atoms with Crippen molar-refractivity contribution in [1.82, 2.24) is 4.47 Å². The molecule has 0 unspecified atom stereocenters. The van der Waals surface area contributed by atoms with Crippen molar-refractivity contribution >= 4 is 10.0 Å². The van der Waals surface area contributed by atoms with Crippen molar-refractivity contribution < 1.29 is 13.3 Å². The van der Waals surface area contributed by atoms with Gasteiger partial charge in [0.2, 0.25) is 10.0 Å². The number of nitrogens with zero attached hydrogens (tertiary/aromatic N) is 1. The van der Waals surface area contributed by atoms with E-state index in [4.69, 9.17) is 0 Å². The van der Waals surface area contributed by atoms with Crippen LogP contribution in [-0.4, -0.2) is 32.8 Å². The molecule has 0 saturated carbocycles. The Hall–Kier alpha value is -0.390. The van der Waals surface area contributed by atoms with Crippen LogP contribution in [0.5, 0.6) is 0 Å². The SMILES string of the molecule is C=CCS(=O)(=O)N(C)OC. The highest BCUT2D eigenvalue weighted by Crippen LogP contribution is 1.96. The van der Waals surface area contributed by atoms with E-state index in [-0.39, 0.29) is 5.75 Å². The number of hydrogen-bond donors (Lipinski definition) is 0. The van der Waals surface area contributed by atoms with E-state index in [2.05, 4.69) is 11.4 Å². The van der Waals surface area contributed by atoms with Gasteiger partial charge in [-0.1, -0.05) is 10.5 Å². The number of hydrogen-bond acceptors (Lipinski definition) is 3. The third kappa shape index (κ3) is 2.47. The van der Waals surface area contributed by atoms with E-state index in [1.807, 2.05) is 0 Å². The maximum absolute atomic E-state index is 10.9. The van der Waals surface area contributed by atoms with Crippen molar-refractivity contribution in [2.24, 2.45) is 0 Å². The average Bonchev–Trinajstić information content (AvgIpc) is 1.86. The molecule has 0 amide bonds. The highest BCUT2D eigenvalue weighted by molar-refractivity contribution is 7.89. The molecule has 0 aromatic rings. The first-order chi connectivity index (χ1) is 4.54. The van der Waals surface area contributed by atoms with Crippen molar-refractivity contribution in [3.63, 3.8) is 0 Å². The van der Waals surface area contributed by atoms with Gasteiger partial charge in [0.1, 0.15) is 0 Å². The van der Waals surface area contributed by atoms with Gasteiger partial charge in [-0.3, -0.25) is 4.84 Å². The summed E-state index contributed by atoms with van der Waals surface area (Å²) < 4.78 is 22.6. The van der Waals surface area contributed by atoms with Gasteiger partial charge in [-0.2, -0.15) is 0 Å². The fourth-order valence-electron chi connectivity index (χ4n) is 0.367. The van der Waals surface area contributed by atoms with Gasteiger partial charge in [-0.15, -0.1) is 6.58 Å². The van der Waals surface area contributed by atoms with Crippen LogP contribution in [0, 0.1) is 0 Å². The van der Waals surface area contributed by atoms with E-state index in [1.165, 1.54) is 20.2 Å². The largest absolute Gasteiger partial charge is 0.288 e. The summed E-state index contributed by atoms with van der Waals surface area (Å²) in [5.41, 5.74) is 0. The van der Waals surface area contributed by atoms with Gasteiger partial charge in [-0.05, 0) is 0 Å². The second kappa shape index (κ2) is 3.70. The minimum absolute atomic E-state index is 0.0999. The molecule has 0 aliphatic rings. The molecule has 0 saturated heterocycles. The lowest BCUT2D eigenvalue weighted by molar-refractivity contribution is -0.0255. The summed E-state index contributed by atoms with van der Waals surface area (Å²) in [4.78, 5) is 4.47. The zero-order chi connectivity index (χ0) is 8.20. The first-order valence-electron chi connectivity index (χ1n) is 2.66. The first-order valence-corrected chi connectivity index (χ1v) is 4.27. The van der Waals surface area contributed by atoms with Gasteiger partial charge in [0.25, 0.3) is 0 Å². The highest BCUT2D eigenvalue weighted by atomic mass is 32.2. The zero-order valence-corrected chi connectivity index (χ0v) is 6.89. The van der Waals surface area contributed by atoms with Gasteiger partial charge in [0.15, 0.2) is 0 Å². The van der Waals surface area contributed by atoms with Gasteiger partial charge in [0.05, 0.1) is 12.9 Å². The highest BCUT2D eigenvalue weighted by Gasteiger charge is 2.14. The summed E-state index contributed by atoms with van der Waals surface area (Å²) in [7, 11) is -0.643. The quantitative estimate of drug-likeness (QED) is 0.435. The molecule has 0 aliphatic heterocycles. The molecular weight excluding hydrogens is 154 g/mol. The lowest BCUT2D eigenvalue weighted by Gasteiger charge is -2.11. The molecule has 0 aliphatic carbocycles. The smallest absolute Gasteiger partial charge is 0.239 e. The molecular formula is C5H11NO3S. The summed E-state index contributed by atoms with van der Waals surface area (Å²) in [6.45, 7) is 3.30. The van der Waals surface area contributed by atoms with E-state index in [0.29, 0.717) is 0 Å².